The predicted octanol–water partition coefficient (Wildman–Crippen LogP) is 2.14. The van der Waals surface area contributed by atoms with Crippen LogP contribution in [0.2, 0.25) is 0 Å². The predicted molar refractivity (Wildman–Crippen MR) is 172 cm³/mol. The molecule has 1 aliphatic heterocycles. The third-order valence-electron chi connectivity index (χ3n) is 7.74. The number of aryl methyl sites for hydroxylation is 1. The van der Waals surface area contributed by atoms with Crippen molar-refractivity contribution < 1.29 is 33.2 Å². The van der Waals surface area contributed by atoms with Crippen molar-refractivity contribution in [3.8, 4) is 5.75 Å². The van der Waals surface area contributed by atoms with Crippen LogP contribution in [0.1, 0.15) is 64.9 Å². The van der Waals surface area contributed by atoms with E-state index in [1.165, 1.54) is 17.9 Å². The molecule has 250 valence electrons. The fourth-order valence-electron chi connectivity index (χ4n) is 5.23. The average Bonchev–Trinajstić information content (AvgIpc) is 3.51. The molecule has 2 aromatic carbocycles. The number of amides is 5. The van der Waals surface area contributed by atoms with Crippen molar-refractivity contribution in [2.45, 2.75) is 65.2 Å². The van der Waals surface area contributed by atoms with E-state index in [0.717, 1.165) is 11.1 Å². The number of carbonyl (C=O) groups is 5. The number of benzene rings is 2. The zero-order valence-electron chi connectivity index (χ0n) is 27.3. The third-order valence-corrected chi connectivity index (χ3v) is 7.74. The maximum atomic E-state index is 13.7. The largest absolute Gasteiger partial charge is 0.496 e. The van der Waals surface area contributed by atoms with E-state index < -0.39 is 41.8 Å². The van der Waals surface area contributed by atoms with E-state index in [4.69, 9.17) is 9.26 Å². The van der Waals surface area contributed by atoms with Crippen molar-refractivity contribution in [1.29, 1.82) is 0 Å². The number of ether oxygens (including phenoxy) is 1. The van der Waals surface area contributed by atoms with Gasteiger partial charge in [-0.1, -0.05) is 49.3 Å². The minimum absolute atomic E-state index is 0.0294. The van der Waals surface area contributed by atoms with Crippen molar-refractivity contribution in [1.82, 2.24) is 31.3 Å². The molecule has 1 aliphatic rings. The van der Waals surface area contributed by atoms with E-state index in [-0.39, 0.29) is 49.3 Å². The summed E-state index contributed by atoms with van der Waals surface area (Å²) in [6, 6.07) is 12.7. The summed E-state index contributed by atoms with van der Waals surface area (Å²) in [5.41, 5.74) is 1.89. The Labute approximate surface area is 273 Å². The maximum Gasteiger partial charge on any atom is 0.274 e. The zero-order valence-corrected chi connectivity index (χ0v) is 27.3. The molecule has 5 amide bonds. The minimum Gasteiger partial charge on any atom is -0.496 e. The number of hydrogen-bond acceptors (Lipinski definition) is 8. The summed E-state index contributed by atoms with van der Waals surface area (Å²) in [5, 5.41) is 14.8. The van der Waals surface area contributed by atoms with Gasteiger partial charge in [0.15, 0.2) is 11.5 Å². The van der Waals surface area contributed by atoms with Gasteiger partial charge in [0, 0.05) is 31.1 Å². The van der Waals surface area contributed by atoms with E-state index in [9.17, 15) is 24.0 Å². The monoisotopic (exact) mass is 646 g/mol. The van der Waals surface area contributed by atoms with Crippen LogP contribution in [0.3, 0.4) is 0 Å². The van der Waals surface area contributed by atoms with Gasteiger partial charge in [0.2, 0.25) is 17.7 Å². The molecular formula is C34H42N6O7. The molecule has 0 radical (unpaired) electrons. The number of methoxy groups -OCH3 is 1. The normalized spacial score (nSPS) is 20.0. The lowest BCUT2D eigenvalue weighted by molar-refractivity contribution is -0.132. The molecular weight excluding hydrogens is 604 g/mol. The van der Waals surface area contributed by atoms with Crippen LogP contribution in [0.15, 0.2) is 59.1 Å². The Morgan fingerprint density at radius 2 is 1.70 bits per heavy atom. The number of nitrogens with one attached hydrogen (secondary N) is 4. The molecule has 2 bridgehead atoms. The second kappa shape index (κ2) is 15.9. The number of fused-ring (bicyclic) bond motifs is 2. The van der Waals surface area contributed by atoms with Crippen molar-refractivity contribution in [2.24, 2.45) is 5.92 Å². The Morgan fingerprint density at radius 1 is 0.979 bits per heavy atom. The topological polar surface area (TPSA) is 172 Å². The fraction of sp³-hybridized carbons (Fsp3) is 0.412. The molecule has 0 fully saturated rings. The summed E-state index contributed by atoms with van der Waals surface area (Å²) < 4.78 is 10.7. The van der Waals surface area contributed by atoms with E-state index >= 15 is 0 Å². The molecule has 4 N–H and O–H groups in total. The summed E-state index contributed by atoms with van der Waals surface area (Å²) in [4.78, 5) is 68.5. The van der Waals surface area contributed by atoms with Gasteiger partial charge in [0.1, 0.15) is 23.9 Å². The molecule has 4 rings (SSSR count). The van der Waals surface area contributed by atoms with Gasteiger partial charge in [-0.05, 0) is 55.5 Å². The number of nitrogens with zero attached hydrogens (tertiary/aromatic N) is 2. The van der Waals surface area contributed by atoms with Gasteiger partial charge < -0.3 is 35.4 Å². The molecule has 13 heteroatoms. The Balaban J connectivity index is 1.66. The van der Waals surface area contributed by atoms with Crippen molar-refractivity contribution >= 4 is 29.5 Å². The standard InChI is InChI=1S/C34H42N6O7/c1-20(2)15-26-32(43)38-27(17-23-9-7-6-8-10-23)31(42)35-13-14-40(34(45)24-11-12-29(46-5)21(3)16-24)19-25-18-28(39-47-25)33(44)36-22(4)30(41)37-26/h6-12,16,18,20,22,26-27H,13-15,17,19H2,1-5H3,(H,35,42)(H,36,44)(H,37,41)(H,38,43)/t22-,26-,27-/m1/s1. The molecule has 1 aromatic heterocycles. The Morgan fingerprint density at radius 3 is 2.38 bits per heavy atom. The quantitative estimate of drug-likeness (QED) is 0.316. The van der Waals surface area contributed by atoms with E-state index in [1.807, 2.05) is 51.1 Å². The first-order chi connectivity index (χ1) is 22.4. The summed E-state index contributed by atoms with van der Waals surface area (Å²) >= 11 is 0. The maximum absolute atomic E-state index is 13.7. The zero-order chi connectivity index (χ0) is 34.1. The lowest BCUT2D eigenvalue weighted by Crippen LogP contribution is -2.57. The van der Waals surface area contributed by atoms with Crippen LogP contribution < -0.4 is 26.0 Å². The van der Waals surface area contributed by atoms with Gasteiger partial charge in [-0.3, -0.25) is 24.0 Å². The first-order valence-electron chi connectivity index (χ1n) is 15.6. The SMILES string of the molecule is COc1ccc(C(=O)N2CCNC(=O)[C@@H](Cc3ccccc3)NC(=O)[C@@H](CC(C)C)NC(=O)[C@@H](C)NC(=O)c3cc(on3)C2)cc1C. The summed E-state index contributed by atoms with van der Waals surface area (Å²) in [7, 11) is 1.55. The fourth-order valence-corrected chi connectivity index (χ4v) is 5.23. The number of hydrogen-bond donors (Lipinski definition) is 4. The highest BCUT2D eigenvalue weighted by Gasteiger charge is 2.30. The molecule has 13 nitrogen and oxygen atoms in total. The molecule has 3 aromatic rings. The molecule has 0 unspecified atom stereocenters. The minimum atomic E-state index is -1.02. The van der Waals surface area contributed by atoms with Crippen molar-refractivity contribution in [2.75, 3.05) is 20.2 Å². The highest BCUT2D eigenvalue weighted by atomic mass is 16.5. The van der Waals surface area contributed by atoms with Crippen LogP contribution in [0, 0.1) is 12.8 Å². The molecule has 2 heterocycles. The Hall–Kier alpha value is -5.20. The van der Waals surface area contributed by atoms with Crippen LogP contribution in [0.5, 0.6) is 5.75 Å². The lowest BCUT2D eigenvalue weighted by Gasteiger charge is -2.26. The number of carbonyl (C=O) groups excluding carboxylic acids is 5. The lowest BCUT2D eigenvalue weighted by atomic mass is 10.0. The van der Waals surface area contributed by atoms with Crippen LogP contribution in [0.4, 0.5) is 0 Å². The Kier molecular flexibility index (Phi) is 11.7. The van der Waals surface area contributed by atoms with Crippen LogP contribution in [-0.2, 0) is 27.3 Å². The van der Waals surface area contributed by atoms with Crippen LogP contribution in [0.25, 0.3) is 0 Å². The van der Waals surface area contributed by atoms with Crippen LogP contribution >= 0.6 is 0 Å². The number of aromatic nitrogens is 1. The van der Waals surface area contributed by atoms with Gasteiger partial charge in [0.05, 0.1) is 13.7 Å². The van der Waals surface area contributed by atoms with Gasteiger partial charge in [-0.2, -0.15) is 0 Å². The molecule has 0 aliphatic carbocycles. The third kappa shape index (κ3) is 9.41. The van der Waals surface area contributed by atoms with Gasteiger partial charge in [-0.25, -0.2) is 0 Å². The molecule has 3 atom stereocenters. The summed E-state index contributed by atoms with van der Waals surface area (Å²) in [6.45, 7) is 7.19. The van der Waals surface area contributed by atoms with E-state index in [2.05, 4.69) is 26.4 Å². The second-order valence-corrected chi connectivity index (χ2v) is 12.0. The first-order valence-corrected chi connectivity index (χ1v) is 15.6. The summed E-state index contributed by atoms with van der Waals surface area (Å²) in [6.07, 6.45) is 0.494. The molecule has 0 spiro atoms. The highest BCUT2D eigenvalue weighted by molar-refractivity contribution is 5.98. The van der Waals surface area contributed by atoms with E-state index in [1.54, 1.807) is 25.3 Å². The number of rotatable bonds is 6. The van der Waals surface area contributed by atoms with Crippen molar-refractivity contribution in [3.63, 3.8) is 0 Å². The second-order valence-electron chi connectivity index (χ2n) is 12.0. The first kappa shape index (κ1) is 34.7. The average molecular weight is 647 g/mol. The van der Waals surface area contributed by atoms with Gasteiger partial charge in [-0.15, -0.1) is 0 Å². The van der Waals surface area contributed by atoms with E-state index in [0.29, 0.717) is 17.7 Å². The molecule has 0 saturated carbocycles. The smallest absolute Gasteiger partial charge is 0.274 e. The van der Waals surface area contributed by atoms with Gasteiger partial charge >= 0.3 is 0 Å². The molecule has 0 saturated heterocycles. The van der Waals surface area contributed by atoms with Gasteiger partial charge in [0.25, 0.3) is 11.8 Å². The summed E-state index contributed by atoms with van der Waals surface area (Å²) in [5.74, 6) is -1.69. The van der Waals surface area contributed by atoms with Crippen LogP contribution in [-0.4, -0.2) is 77.9 Å². The molecule has 47 heavy (non-hydrogen) atoms. The Bertz CT molecular complexity index is 1590. The van der Waals surface area contributed by atoms with Crippen molar-refractivity contribution in [3.05, 3.63) is 82.7 Å². The highest BCUT2D eigenvalue weighted by Crippen LogP contribution is 2.20.